The number of benzene rings is 3. The number of aryl methyl sites for hydroxylation is 1. The van der Waals surface area contributed by atoms with Gasteiger partial charge in [0.15, 0.2) is 0 Å². The van der Waals surface area contributed by atoms with Crippen molar-refractivity contribution in [1.82, 2.24) is 0 Å². The minimum atomic E-state index is -0.216. The lowest BCUT2D eigenvalue weighted by Crippen LogP contribution is -2.34. The molecule has 0 fully saturated rings. The first-order chi connectivity index (χ1) is 15.5. The summed E-state index contributed by atoms with van der Waals surface area (Å²) < 4.78 is 0. The molecular weight excluding hydrogens is 406 g/mol. The Hall–Kier alpha value is -3.33. The molecule has 0 heterocycles. The number of carbonyl (C=O) groups excluding carboxylic acids is 1. The molecule has 0 aliphatic heterocycles. The van der Waals surface area contributed by atoms with Crippen molar-refractivity contribution in [2.24, 2.45) is 0 Å². The first-order valence-electron chi connectivity index (χ1n) is 11.5. The summed E-state index contributed by atoms with van der Waals surface area (Å²) in [6, 6.07) is 18.8. The minimum Gasteiger partial charge on any atom is -0.508 e. The molecule has 0 saturated heterocycles. The van der Waals surface area contributed by atoms with Gasteiger partial charge in [0, 0.05) is 17.3 Å². The fourth-order valence-corrected chi connectivity index (χ4v) is 4.81. The lowest BCUT2D eigenvalue weighted by molar-refractivity contribution is 0.102. The van der Waals surface area contributed by atoms with Crippen LogP contribution in [0.5, 0.6) is 5.75 Å². The largest absolute Gasteiger partial charge is 0.508 e. The summed E-state index contributed by atoms with van der Waals surface area (Å²) in [5.41, 5.74) is 8.67. The third-order valence-electron chi connectivity index (χ3n) is 7.12. The van der Waals surface area contributed by atoms with E-state index in [-0.39, 0.29) is 22.5 Å². The SMILES string of the molecule is C=C(c1ccc(C(=O)Nc2cccc(O)c2)cc1)c1cc2c(cc1C)C(C)(C)CCC2(C)C. The summed E-state index contributed by atoms with van der Waals surface area (Å²) in [5, 5.41) is 12.4. The molecule has 33 heavy (non-hydrogen) atoms. The number of amides is 1. The summed E-state index contributed by atoms with van der Waals surface area (Å²) in [7, 11) is 0. The first kappa shape index (κ1) is 22.8. The molecule has 3 aromatic rings. The Morgan fingerprint density at radius 3 is 2.06 bits per heavy atom. The molecular formula is C30H33NO2. The highest BCUT2D eigenvalue weighted by atomic mass is 16.3. The predicted octanol–water partition coefficient (Wildman–Crippen LogP) is 7.36. The van der Waals surface area contributed by atoms with Gasteiger partial charge < -0.3 is 10.4 Å². The highest BCUT2D eigenvalue weighted by Crippen LogP contribution is 2.47. The Bertz CT molecular complexity index is 1230. The van der Waals surface area contributed by atoms with Crippen molar-refractivity contribution in [2.75, 3.05) is 5.32 Å². The number of aromatic hydroxyl groups is 1. The van der Waals surface area contributed by atoms with Gasteiger partial charge >= 0.3 is 0 Å². The molecule has 170 valence electrons. The van der Waals surface area contributed by atoms with E-state index in [2.05, 4.69) is 58.6 Å². The van der Waals surface area contributed by atoms with Crippen molar-refractivity contribution in [3.05, 3.63) is 101 Å². The molecule has 2 N–H and O–H groups in total. The molecule has 3 heteroatoms. The van der Waals surface area contributed by atoms with Gasteiger partial charge in [-0.25, -0.2) is 0 Å². The number of phenols is 1. The van der Waals surface area contributed by atoms with Gasteiger partial charge in [-0.2, -0.15) is 0 Å². The second kappa shape index (κ2) is 8.22. The fraction of sp³-hybridized carbons (Fsp3) is 0.300. The smallest absolute Gasteiger partial charge is 0.255 e. The first-order valence-corrected chi connectivity index (χ1v) is 11.5. The van der Waals surface area contributed by atoms with E-state index in [4.69, 9.17) is 0 Å². The van der Waals surface area contributed by atoms with Gasteiger partial charge in [-0.05, 0) is 88.3 Å². The van der Waals surface area contributed by atoms with E-state index in [0.29, 0.717) is 11.3 Å². The molecule has 0 atom stereocenters. The molecule has 3 aromatic carbocycles. The van der Waals surface area contributed by atoms with Crippen LogP contribution in [0.1, 0.15) is 78.7 Å². The van der Waals surface area contributed by atoms with Crippen LogP contribution in [0.25, 0.3) is 5.57 Å². The Morgan fingerprint density at radius 2 is 1.45 bits per heavy atom. The quantitative estimate of drug-likeness (QED) is 0.446. The van der Waals surface area contributed by atoms with Crippen LogP contribution in [-0.4, -0.2) is 11.0 Å². The highest BCUT2D eigenvalue weighted by molar-refractivity contribution is 6.04. The van der Waals surface area contributed by atoms with E-state index in [1.807, 2.05) is 24.3 Å². The van der Waals surface area contributed by atoms with E-state index in [0.717, 1.165) is 16.7 Å². The lowest BCUT2D eigenvalue weighted by Gasteiger charge is -2.42. The number of carbonyl (C=O) groups is 1. The standard InChI is InChI=1S/C30H33NO2/c1-19-16-26-27(30(5,6)15-14-29(26,3)4)18-25(19)20(2)21-10-12-22(13-11-21)28(33)31-23-8-7-9-24(32)17-23/h7-13,16-18,32H,2,14-15H2,1,3-6H3,(H,31,33). The van der Waals surface area contributed by atoms with Crippen molar-refractivity contribution in [1.29, 1.82) is 0 Å². The van der Waals surface area contributed by atoms with Crippen LogP contribution in [0, 0.1) is 6.92 Å². The van der Waals surface area contributed by atoms with Crippen LogP contribution in [0.15, 0.2) is 67.2 Å². The van der Waals surface area contributed by atoms with Crippen LogP contribution < -0.4 is 5.32 Å². The van der Waals surface area contributed by atoms with Crippen LogP contribution in [0.3, 0.4) is 0 Å². The highest BCUT2D eigenvalue weighted by Gasteiger charge is 2.37. The number of nitrogens with one attached hydrogen (secondary N) is 1. The van der Waals surface area contributed by atoms with Gasteiger partial charge in [0.25, 0.3) is 5.91 Å². The number of rotatable bonds is 4. The summed E-state index contributed by atoms with van der Waals surface area (Å²) in [4.78, 5) is 12.6. The van der Waals surface area contributed by atoms with Crippen LogP contribution in [0.4, 0.5) is 5.69 Å². The average molecular weight is 440 g/mol. The Labute approximate surface area is 197 Å². The van der Waals surface area contributed by atoms with Crippen molar-refractivity contribution in [3.63, 3.8) is 0 Å². The van der Waals surface area contributed by atoms with Crippen molar-refractivity contribution in [3.8, 4) is 5.75 Å². The number of hydrogen-bond donors (Lipinski definition) is 2. The van der Waals surface area contributed by atoms with E-state index in [9.17, 15) is 9.90 Å². The molecule has 3 nitrogen and oxygen atoms in total. The molecule has 4 rings (SSSR count). The van der Waals surface area contributed by atoms with E-state index < -0.39 is 0 Å². The van der Waals surface area contributed by atoms with Gasteiger partial charge in [0.1, 0.15) is 5.75 Å². The summed E-state index contributed by atoms with van der Waals surface area (Å²) >= 11 is 0. The maximum Gasteiger partial charge on any atom is 0.255 e. The second-order valence-corrected chi connectivity index (χ2v) is 10.5. The molecule has 1 aliphatic rings. The summed E-state index contributed by atoms with van der Waals surface area (Å²) in [6.45, 7) is 15.9. The molecule has 0 bridgehead atoms. The van der Waals surface area contributed by atoms with Crippen molar-refractivity contribution < 1.29 is 9.90 Å². The molecule has 0 spiro atoms. The molecule has 1 amide bonds. The number of phenolic OH excluding ortho intramolecular Hbond substituents is 1. The zero-order chi connectivity index (χ0) is 24.0. The lowest BCUT2D eigenvalue weighted by atomic mass is 9.62. The third kappa shape index (κ3) is 4.45. The summed E-state index contributed by atoms with van der Waals surface area (Å²) in [6.07, 6.45) is 2.36. The van der Waals surface area contributed by atoms with Gasteiger partial charge in [-0.15, -0.1) is 0 Å². The van der Waals surface area contributed by atoms with Crippen LogP contribution in [-0.2, 0) is 10.8 Å². The van der Waals surface area contributed by atoms with Crippen LogP contribution in [0.2, 0.25) is 0 Å². The average Bonchev–Trinajstić information content (AvgIpc) is 2.76. The Kier molecular flexibility index (Phi) is 5.69. The second-order valence-electron chi connectivity index (χ2n) is 10.5. The van der Waals surface area contributed by atoms with Crippen molar-refractivity contribution >= 4 is 17.2 Å². The Balaban J connectivity index is 1.61. The zero-order valence-electron chi connectivity index (χ0n) is 20.3. The Morgan fingerprint density at radius 1 is 0.879 bits per heavy atom. The van der Waals surface area contributed by atoms with Gasteiger partial charge in [0.05, 0.1) is 0 Å². The number of hydrogen-bond acceptors (Lipinski definition) is 2. The van der Waals surface area contributed by atoms with E-state index >= 15 is 0 Å². The molecule has 0 radical (unpaired) electrons. The topological polar surface area (TPSA) is 49.3 Å². The molecule has 0 aromatic heterocycles. The van der Waals surface area contributed by atoms with Gasteiger partial charge in [0.2, 0.25) is 0 Å². The zero-order valence-corrected chi connectivity index (χ0v) is 20.3. The minimum absolute atomic E-state index is 0.117. The monoisotopic (exact) mass is 439 g/mol. The van der Waals surface area contributed by atoms with Gasteiger partial charge in [-0.3, -0.25) is 4.79 Å². The molecule has 1 aliphatic carbocycles. The molecule has 0 unspecified atom stereocenters. The van der Waals surface area contributed by atoms with E-state index in [1.54, 1.807) is 18.2 Å². The normalized spacial score (nSPS) is 16.0. The van der Waals surface area contributed by atoms with Gasteiger partial charge in [-0.1, -0.05) is 64.6 Å². The fourth-order valence-electron chi connectivity index (χ4n) is 4.81. The van der Waals surface area contributed by atoms with Crippen LogP contribution >= 0.6 is 0 Å². The maximum absolute atomic E-state index is 12.6. The summed E-state index contributed by atoms with van der Waals surface area (Å²) in [5.74, 6) is -0.0989. The number of anilines is 1. The van der Waals surface area contributed by atoms with Crippen molar-refractivity contribution in [2.45, 2.75) is 58.3 Å². The van der Waals surface area contributed by atoms with E-state index in [1.165, 1.54) is 35.6 Å². The number of fused-ring (bicyclic) bond motifs is 1. The maximum atomic E-state index is 12.6. The third-order valence-corrected chi connectivity index (χ3v) is 7.12. The predicted molar refractivity (Wildman–Crippen MR) is 137 cm³/mol. The molecule has 0 saturated carbocycles.